The van der Waals surface area contributed by atoms with Gasteiger partial charge in [-0.3, -0.25) is 0 Å². The summed E-state index contributed by atoms with van der Waals surface area (Å²) < 4.78 is 6.23. The van der Waals surface area contributed by atoms with Crippen molar-refractivity contribution in [3.05, 3.63) is 29.8 Å². The van der Waals surface area contributed by atoms with Gasteiger partial charge in [-0.25, -0.2) is 0 Å². The molecule has 3 rings (SSSR count). The van der Waals surface area contributed by atoms with Crippen LogP contribution in [0.5, 0.6) is 5.75 Å². The number of hydrogen-bond donors (Lipinski definition) is 0. The smallest absolute Gasteiger partial charge is 0.119 e. The molecule has 0 bridgehead atoms. The van der Waals surface area contributed by atoms with E-state index in [9.17, 15) is 0 Å². The van der Waals surface area contributed by atoms with E-state index in [1.807, 2.05) is 0 Å². The average Bonchev–Trinajstić information content (AvgIpc) is 2.92. The molecule has 0 heterocycles. The summed E-state index contributed by atoms with van der Waals surface area (Å²) in [7, 11) is 0. The normalized spacial score (nSPS) is 29.2. The molecule has 2 saturated carbocycles. The fraction of sp³-hybridized carbons (Fsp3) is 0.625. The number of benzene rings is 1. The number of rotatable bonds is 3. The third-order valence-electron chi connectivity index (χ3n) is 4.83. The van der Waals surface area contributed by atoms with Gasteiger partial charge in [0, 0.05) is 10.2 Å². The van der Waals surface area contributed by atoms with Crippen molar-refractivity contribution in [3.8, 4) is 5.75 Å². The van der Waals surface area contributed by atoms with Gasteiger partial charge in [0.25, 0.3) is 0 Å². The predicted molar refractivity (Wildman–Crippen MR) is 78.5 cm³/mol. The third-order valence-corrected chi connectivity index (χ3v) is 6.12. The maximum atomic E-state index is 6.23. The van der Waals surface area contributed by atoms with E-state index in [4.69, 9.17) is 4.74 Å². The zero-order valence-corrected chi connectivity index (χ0v) is 12.6. The Morgan fingerprint density at radius 2 is 1.89 bits per heavy atom. The van der Waals surface area contributed by atoms with Crippen molar-refractivity contribution in [2.24, 2.45) is 5.41 Å². The van der Waals surface area contributed by atoms with Crippen LogP contribution in [0.15, 0.2) is 24.3 Å². The highest BCUT2D eigenvalue weighted by Gasteiger charge is 2.56. The first-order valence-electron chi connectivity index (χ1n) is 7.14. The highest BCUT2D eigenvalue weighted by atomic mass is 79.9. The van der Waals surface area contributed by atoms with Crippen LogP contribution in [0, 0.1) is 5.41 Å². The van der Waals surface area contributed by atoms with Gasteiger partial charge < -0.3 is 4.74 Å². The lowest BCUT2D eigenvalue weighted by molar-refractivity contribution is -0.0303. The molecular weight excluding hydrogens is 288 g/mol. The summed E-state index contributed by atoms with van der Waals surface area (Å²) in [4.78, 5) is 0.674. The minimum Gasteiger partial charge on any atom is -0.490 e. The molecule has 2 unspecified atom stereocenters. The fourth-order valence-electron chi connectivity index (χ4n) is 3.50. The molecule has 1 aromatic carbocycles. The first-order valence-corrected chi connectivity index (χ1v) is 8.06. The molecule has 0 saturated heterocycles. The maximum absolute atomic E-state index is 6.23. The summed E-state index contributed by atoms with van der Waals surface area (Å²) in [5, 5.41) is 0. The molecule has 0 radical (unpaired) electrons. The first-order chi connectivity index (χ1) is 8.74. The van der Waals surface area contributed by atoms with E-state index in [0.29, 0.717) is 16.3 Å². The van der Waals surface area contributed by atoms with E-state index in [2.05, 4.69) is 47.1 Å². The van der Waals surface area contributed by atoms with Crippen LogP contribution in [0.25, 0.3) is 0 Å². The summed E-state index contributed by atoms with van der Waals surface area (Å²) in [6.07, 6.45) is 8.10. The quantitative estimate of drug-likeness (QED) is 0.734. The third kappa shape index (κ3) is 1.99. The molecule has 1 aromatic rings. The molecule has 2 heteroatoms. The molecule has 0 N–H and O–H groups in total. The highest BCUT2D eigenvalue weighted by molar-refractivity contribution is 9.09. The SMILES string of the molecule is CCc1ccc(OC2CC(Br)C23CCCC3)cc1. The summed E-state index contributed by atoms with van der Waals surface area (Å²) >= 11 is 3.84. The van der Waals surface area contributed by atoms with Gasteiger partial charge in [0.2, 0.25) is 0 Å². The Hall–Kier alpha value is -0.500. The van der Waals surface area contributed by atoms with Crippen LogP contribution in [0.3, 0.4) is 0 Å². The van der Waals surface area contributed by atoms with E-state index < -0.39 is 0 Å². The summed E-state index contributed by atoms with van der Waals surface area (Å²) in [5.41, 5.74) is 1.81. The molecule has 98 valence electrons. The minimum atomic E-state index is 0.428. The van der Waals surface area contributed by atoms with Crippen molar-refractivity contribution in [1.29, 1.82) is 0 Å². The van der Waals surface area contributed by atoms with Gasteiger partial charge in [-0.15, -0.1) is 0 Å². The van der Waals surface area contributed by atoms with Crippen molar-refractivity contribution >= 4 is 15.9 Å². The van der Waals surface area contributed by atoms with Gasteiger partial charge in [0.1, 0.15) is 11.9 Å². The monoisotopic (exact) mass is 308 g/mol. The molecule has 2 aliphatic carbocycles. The lowest BCUT2D eigenvalue weighted by Gasteiger charge is -2.51. The first kappa shape index (κ1) is 12.5. The lowest BCUT2D eigenvalue weighted by Crippen LogP contribution is -2.55. The second kappa shape index (κ2) is 4.88. The number of ether oxygens (including phenoxy) is 1. The molecule has 0 amide bonds. The molecule has 0 aliphatic heterocycles. The van der Waals surface area contributed by atoms with Crippen molar-refractivity contribution in [3.63, 3.8) is 0 Å². The van der Waals surface area contributed by atoms with Crippen LogP contribution >= 0.6 is 15.9 Å². The largest absolute Gasteiger partial charge is 0.490 e. The summed E-state index contributed by atoms with van der Waals surface area (Å²) in [5.74, 6) is 1.04. The highest BCUT2D eigenvalue weighted by Crippen LogP contribution is 2.57. The Morgan fingerprint density at radius 1 is 1.22 bits per heavy atom. The molecule has 18 heavy (non-hydrogen) atoms. The lowest BCUT2D eigenvalue weighted by atomic mass is 9.64. The number of halogens is 1. The Morgan fingerprint density at radius 3 is 2.44 bits per heavy atom. The van der Waals surface area contributed by atoms with Crippen LogP contribution in [0.1, 0.15) is 44.6 Å². The second-order valence-electron chi connectivity index (χ2n) is 5.75. The van der Waals surface area contributed by atoms with Crippen molar-refractivity contribution in [2.75, 3.05) is 0 Å². The Bertz CT molecular complexity index is 406. The van der Waals surface area contributed by atoms with Gasteiger partial charge >= 0.3 is 0 Å². The van der Waals surface area contributed by atoms with Crippen LogP contribution in [0.4, 0.5) is 0 Å². The van der Waals surface area contributed by atoms with Crippen molar-refractivity contribution in [2.45, 2.75) is 56.4 Å². The van der Waals surface area contributed by atoms with Crippen LogP contribution < -0.4 is 4.74 Å². The Kier molecular flexibility index (Phi) is 3.40. The van der Waals surface area contributed by atoms with Gasteiger partial charge in [-0.05, 0) is 43.4 Å². The molecular formula is C16H21BrO. The molecule has 1 spiro atoms. The van der Waals surface area contributed by atoms with Crippen LogP contribution in [0.2, 0.25) is 0 Å². The number of aryl methyl sites for hydroxylation is 1. The molecule has 1 nitrogen and oxygen atoms in total. The van der Waals surface area contributed by atoms with Gasteiger partial charge in [0.05, 0.1) is 0 Å². The summed E-state index contributed by atoms with van der Waals surface area (Å²) in [6, 6.07) is 8.62. The van der Waals surface area contributed by atoms with E-state index in [-0.39, 0.29) is 0 Å². The van der Waals surface area contributed by atoms with Gasteiger partial charge in [-0.1, -0.05) is 47.8 Å². The minimum absolute atomic E-state index is 0.428. The van der Waals surface area contributed by atoms with E-state index >= 15 is 0 Å². The average molecular weight is 309 g/mol. The number of hydrogen-bond acceptors (Lipinski definition) is 1. The zero-order chi connectivity index (χ0) is 12.6. The molecule has 2 fully saturated rings. The predicted octanol–water partition coefficient (Wildman–Crippen LogP) is 4.72. The zero-order valence-electron chi connectivity index (χ0n) is 11.0. The van der Waals surface area contributed by atoms with Crippen molar-refractivity contribution < 1.29 is 4.74 Å². The molecule has 2 atom stereocenters. The van der Waals surface area contributed by atoms with Crippen LogP contribution in [-0.4, -0.2) is 10.9 Å². The fourth-order valence-corrected chi connectivity index (χ4v) is 4.59. The summed E-state index contributed by atoms with van der Waals surface area (Å²) in [6.45, 7) is 2.19. The van der Waals surface area contributed by atoms with E-state index in [1.54, 1.807) is 0 Å². The maximum Gasteiger partial charge on any atom is 0.119 e. The van der Waals surface area contributed by atoms with Crippen molar-refractivity contribution in [1.82, 2.24) is 0 Å². The standard InChI is InChI=1S/C16H21BrO/c1-2-12-5-7-13(8-6-12)18-15-11-14(17)16(15)9-3-4-10-16/h5-8,14-15H,2-4,9-11H2,1H3. The Balaban J connectivity index is 1.69. The topological polar surface area (TPSA) is 9.23 Å². The Labute approximate surface area is 118 Å². The van der Waals surface area contributed by atoms with E-state index in [0.717, 1.165) is 18.6 Å². The number of alkyl halides is 1. The second-order valence-corrected chi connectivity index (χ2v) is 6.85. The van der Waals surface area contributed by atoms with Gasteiger partial charge in [-0.2, -0.15) is 0 Å². The van der Waals surface area contributed by atoms with Gasteiger partial charge in [0.15, 0.2) is 0 Å². The molecule has 0 aromatic heterocycles. The van der Waals surface area contributed by atoms with Crippen LogP contribution in [-0.2, 0) is 6.42 Å². The molecule has 2 aliphatic rings. The van der Waals surface area contributed by atoms with E-state index in [1.165, 1.54) is 31.2 Å².